The van der Waals surface area contributed by atoms with Gasteiger partial charge in [-0.05, 0) is 72.7 Å². The molecule has 2 aromatic rings. The Balaban J connectivity index is 1.97. The molecule has 0 radical (unpaired) electrons. The van der Waals surface area contributed by atoms with Crippen molar-refractivity contribution < 1.29 is 36.2 Å². The zero-order valence-corrected chi connectivity index (χ0v) is 19.6. The van der Waals surface area contributed by atoms with Crippen LogP contribution in [-0.2, 0) is 30.1 Å². The zero-order valence-electron chi connectivity index (χ0n) is 19.6. The minimum Gasteiger partial charge on any atom is -0.481 e. The lowest BCUT2D eigenvalue weighted by atomic mass is 9.79. The summed E-state index contributed by atoms with van der Waals surface area (Å²) in [5, 5.41) is 9.48. The van der Waals surface area contributed by atoms with E-state index in [2.05, 4.69) is 0 Å². The highest BCUT2D eigenvalue weighted by atomic mass is 19.4. The van der Waals surface area contributed by atoms with Crippen molar-refractivity contribution in [2.24, 2.45) is 11.8 Å². The Hall–Kier alpha value is -2.55. The second kappa shape index (κ2) is 10.6. The van der Waals surface area contributed by atoms with Gasteiger partial charge in [-0.3, -0.25) is 9.69 Å². The first-order chi connectivity index (χ1) is 16.3. The van der Waals surface area contributed by atoms with E-state index in [4.69, 9.17) is 0 Å². The molecule has 2 aromatic carbocycles. The molecule has 1 aliphatic heterocycles. The van der Waals surface area contributed by atoms with Crippen molar-refractivity contribution in [3.05, 3.63) is 70.3 Å². The Bertz CT molecular complexity index is 1020. The SMILES string of the molecule is CCCc1ccc(C(F)(F)F)cc1CN1CC[C@@H](C(C)C(=O)O)C[C@H]1c1ccc(C(F)(F)F)cc1. The first-order valence-corrected chi connectivity index (χ1v) is 11.6. The number of carboxylic acids is 1. The van der Waals surface area contributed by atoms with Crippen molar-refractivity contribution in [2.75, 3.05) is 6.54 Å². The summed E-state index contributed by atoms with van der Waals surface area (Å²) in [6.45, 7) is 4.17. The van der Waals surface area contributed by atoms with Crippen molar-refractivity contribution in [3.8, 4) is 0 Å². The van der Waals surface area contributed by atoms with E-state index in [1.54, 1.807) is 6.92 Å². The summed E-state index contributed by atoms with van der Waals surface area (Å²) in [5.41, 5.74) is 0.385. The van der Waals surface area contributed by atoms with Crippen LogP contribution in [0.5, 0.6) is 0 Å². The number of piperidine rings is 1. The smallest absolute Gasteiger partial charge is 0.416 e. The van der Waals surface area contributed by atoms with Gasteiger partial charge in [0.25, 0.3) is 0 Å². The van der Waals surface area contributed by atoms with Crippen LogP contribution >= 0.6 is 0 Å². The second-order valence-corrected chi connectivity index (χ2v) is 9.25. The molecule has 35 heavy (non-hydrogen) atoms. The molecule has 0 saturated carbocycles. The maximum absolute atomic E-state index is 13.4. The first-order valence-electron chi connectivity index (χ1n) is 11.6. The van der Waals surface area contributed by atoms with Gasteiger partial charge < -0.3 is 5.11 Å². The summed E-state index contributed by atoms with van der Waals surface area (Å²) in [6, 6.07) is 8.05. The Morgan fingerprint density at radius 2 is 1.60 bits per heavy atom. The molecular weight excluding hydrogens is 472 g/mol. The van der Waals surface area contributed by atoms with Crippen LogP contribution in [-0.4, -0.2) is 22.5 Å². The summed E-state index contributed by atoms with van der Waals surface area (Å²) < 4.78 is 79.4. The average molecular weight is 502 g/mol. The standard InChI is InChI=1S/C26H29F6NO2/c1-3-4-17-5-10-22(26(30,31)32)13-20(17)15-33-12-11-19(16(2)24(34)35)14-23(33)18-6-8-21(9-7-18)25(27,28)29/h5-10,13,16,19,23H,3-4,11-12,14-15H2,1-2H3,(H,34,35)/t16?,19-,23+/m1/s1. The molecule has 1 aliphatic rings. The number of hydrogen-bond acceptors (Lipinski definition) is 2. The van der Waals surface area contributed by atoms with E-state index < -0.39 is 41.4 Å². The van der Waals surface area contributed by atoms with E-state index in [1.165, 1.54) is 18.2 Å². The van der Waals surface area contributed by atoms with E-state index >= 15 is 0 Å². The molecule has 1 unspecified atom stereocenters. The number of nitrogens with zero attached hydrogens (tertiary/aromatic N) is 1. The minimum absolute atomic E-state index is 0.194. The monoisotopic (exact) mass is 501 g/mol. The van der Waals surface area contributed by atoms with Gasteiger partial charge in [0.2, 0.25) is 0 Å². The topological polar surface area (TPSA) is 40.5 Å². The number of rotatable bonds is 7. The first kappa shape index (κ1) is 27.0. The largest absolute Gasteiger partial charge is 0.481 e. The van der Waals surface area contributed by atoms with E-state index in [0.717, 1.165) is 36.2 Å². The van der Waals surface area contributed by atoms with Gasteiger partial charge >= 0.3 is 18.3 Å². The number of hydrogen-bond donors (Lipinski definition) is 1. The Morgan fingerprint density at radius 1 is 1.00 bits per heavy atom. The third-order valence-corrected chi connectivity index (χ3v) is 6.90. The van der Waals surface area contributed by atoms with Crippen LogP contribution < -0.4 is 0 Å². The number of carbonyl (C=O) groups is 1. The molecule has 0 amide bonds. The maximum Gasteiger partial charge on any atom is 0.416 e. The average Bonchev–Trinajstić information content (AvgIpc) is 2.79. The summed E-state index contributed by atoms with van der Waals surface area (Å²) in [6.07, 6.45) is -6.70. The van der Waals surface area contributed by atoms with Crippen LogP contribution in [0.1, 0.15) is 67.0 Å². The van der Waals surface area contributed by atoms with Gasteiger partial charge in [0.15, 0.2) is 0 Å². The number of halogens is 6. The van der Waals surface area contributed by atoms with E-state index in [0.29, 0.717) is 36.9 Å². The van der Waals surface area contributed by atoms with E-state index in [9.17, 15) is 36.2 Å². The highest BCUT2D eigenvalue weighted by Crippen LogP contribution is 2.40. The molecule has 1 N–H and O–H groups in total. The molecule has 3 atom stereocenters. The predicted molar refractivity (Wildman–Crippen MR) is 120 cm³/mol. The lowest BCUT2D eigenvalue weighted by Gasteiger charge is -2.41. The molecule has 192 valence electrons. The summed E-state index contributed by atoms with van der Waals surface area (Å²) >= 11 is 0. The molecule has 9 heteroatoms. The fourth-order valence-electron chi connectivity index (χ4n) is 4.81. The van der Waals surface area contributed by atoms with Crippen LogP contribution in [0.3, 0.4) is 0 Å². The fraction of sp³-hybridized carbons (Fsp3) is 0.500. The number of aliphatic carboxylic acids is 1. The maximum atomic E-state index is 13.4. The molecule has 3 rings (SSSR count). The quantitative estimate of drug-likeness (QED) is 0.403. The van der Waals surface area contributed by atoms with Gasteiger partial charge in [-0.1, -0.05) is 38.5 Å². The van der Waals surface area contributed by atoms with Crippen molar-refractivity contribution in [1.29, 1.82) is 0 Å². The van der Waals surface area contributed by atoms with E-state index in [-0.39, 0.29) is 12.5 Å². The molecule has 0 spiro atoms. The molecule has 1 saturated heterocycles. The van der Waals surface area contributed by atoms with Crippen LogP contribution in [0.2, 0.25) is 0 Å². The second-order valence-electron chi connectivity index (χ2n) is 9.25. The van der Waals surface area contributed by atoms with Gasteiger partial charge in [0.1, 0.15) is 0 Å². The molecule has 1 fully saturated rings. The summed E-state index contributed by atoms with van der Waals surface area (Å²) in [5.74, 6) is -1.79. The van der Waals surface area contributed by atoms with Crippen LogP contribution in [0.4, 0.5) is 26.3 Å². The predicted octanol–water partition coefficient (Wildman–Crippen LogP) is 7.35. The number of alkyl halides is 6. The number of aryl methyl sites for hydroxylation is 1. The van der Waals surface area contributed by atoms with Gasteiger partial charge in [0.05, 0.1) is 17.0 Å². The molecular formula is C26H29F6NO2. The molecule has 3 nitrogen and oxygen atoms in total. The number of carboxylic acid groups (broad SMARTS) is 1. The lowest BCUT2D eigenvalue weighted by molar-refractivity contribution is -0.144. The van der Waals surface area contributed by atoms with E-state index in [1.807, 2.05) is 11.8 Å². The highest BCUT2D eigenvalue weighted by Gasteiger charge is 2.37. The summed E-state index contributed by atoms with van der Waals surface area (Å²) in [4.78, 5) is 13.5. The van der Waals surface area contributed by atoms with Crippen molar-refractivity contribution in [2.45, 2.75) is 64.5 Å². The minimum atomic E-state index is -4.49. The van der Waals surface area contributed by atoms with Crippen molar-refractivity contribution in [3.63, 3.8) is 0 Å². The zero-order chi connectivity index (χ0) is 26.0. The summed E-state index contributed by atoms with van der Waals surface area (Å²) in [7, 11) is 0. The van der Waals surface area contributed by atoms with Gasteiger partial charge in [-0.15, -0.1) is 0 Å². The molecule has 1 heterocycles. The van der Waals surface area contributed by atoms with Gasteiger partial charge in [-0.25, -0.2) is 0 Å². The third kappa shape index (κ3) is 6.57. The van der Waals surface area contributed by atoms with Gasteiger partial charge in [-0.2, -0.15) is 26.3 Å². The Morgan fingerprint density at radius 3 is 2.14 bits per heavy atom. The highest BCUT2D eigenvalue weighted by molar-refractivity contribution is 5.69. The molecule has 0 bridgehead atoms. The molecule has 0 aliphatic carbocycles. The van der Waals surface area contributed by atoms with Crippen molar-refractivity contribution >= 4 is 5.97 Å². The normalized spacial score (nSPS) is 20.6. The lowest BCUT2D eigenvalue weighted by Crippen LogP contribution is -2.39. The number of likely N-dealkylation sites (tertiary alicyclic amines) is 1. The van der Waals surface area contributed by atoms with Crippen molar-refractivity contribution in [1.82, 2.24) is 4.90 Å². The van der Waals surface area contributed by atoms with Crippen LogP contribution in [0.25, 0.3) is 0 Å². The fourth-order valence-corrected chi connectivity index (χ4v) is 4.81. The van der Waals surface area contributed by atoms with Crippen LogP contribution in [0.15, 0.2) is 42.5 Å². The number of benzene rings is 2. The third-order valence-electron chi connectivity index (χ3n) is 6.90. The van der Waals surface area contributed by atoms with Gasteiger partial charge in [0, 0.05) is 12.6 Å². The Kier molecular flexibility index (Phi) is 8.19. The Labute approximate surface area is 200 Å². The molecule has 0 aromatic heterocycles. The van der Waals surface area contributed by atoms with Crippen LogP contribution in [0, 0.1) is 11.8 Å².